The molecule has 1 atom stereocenters. The molecule has 0 radical (unpaired) electrons. The highest BCUT2D eigenvalue weighted by Gasteiger charge is 2.19. The Morgan fingerprint density at radius 3 is 2.94 bits per heavy atom. The molecule has 4 heteroatoms. The predicted octanol–water partition coefficient (Wildman–Crippen LogP) is 3.38. The Labute approximate surface area is 105 Å². The first-order chi connectivity index (χ1) is 8.15. The van der Waals surface area contributed by atoms with Gasteiger partial charge in [-0.25, -0.2) is 0 Å². The Kier molecular flexibility index (Phi) is 3.38. The number of nitrogens with one attached hydrogen (secondary N) is 1. The normalized spacial score (nSPS) is 12.6. The molecule has 1 aromatic heterocycles. The van der Waals surface area contributed by atoms with Crippen LogP contribution in [0.15, 0.2) is 24.4 Å². The number of rotatable bonds is 4. The number of ether oxygens (including phenoxy) is 1. The van der Waals surface area contributed by atoms with Crippen molar-refractivity contribution in [3.63, 3.8) is 0 Å². The molecule has 3 nitrogen and oxygen atoms in total. The van der Waals surface area contributed by atoms with E-state index in [4.69, 9.17) is 16.3 Å². The lowest BCUT2D eigenvalue weighted by atomic mass is 10.1. The molecule has 1 aromatic carbocycles. The fourth-order valence-electron chi connectivity index (χ4n) is 1.84. The van der Waals surface area contributed by atoms with Crippen molar-refractivity contribution in [3.05, 3.63) is 30.0 Å². The maximum Gasteiger partial charge on any atom is 0.182 e. The van der Waals surface area contributed by atoms with Gasteiger partial charge in [-0.15, -0.1) is 11.6 Å². The lowest BCUT2D eigenvalue weighted by Gasteiger charge is -2.07. The van der Waals surface area contributed by atoms with E-state index in [1.165, 1.54) is 0 Å². The van der Waals surface area contributed by atoms with Crippen LogP contribution in [0, 0.1) is 0 Å². The number of fused-ring (bicyclic) bond motifs is 1. The largest absolute Gasteiger partial charge is 0.493 e. The van der Waals surface area contributed by atoms with Crippen molar-refractivity contribution in [2.45, 2.75) is 19.2 Å². The van der Waals surface area contributed by atoms with Gasteiger partial charge in [0.2, 0.25) is 0 Å². The number of Topliss-reactive ketones (excluding diaryl/α,β-unsaturated/α-hetero) is 1. The maximum atomic E-state index is 12.0. The molecular weight excluding hydrogens is 238 g/mol. The van der Waals surface area contributed by atoms with Crippen LogP contribution in [-0.4, -0.2) is 22.8 Å². The van der Waals surface area contributed by atoms with E-state index in [0.29, 0.717) is 17.9 Å². The fraction of sp³-hybridized carbons (Fsp3) is 0.308. The second kappa shape index (κ2) is 4.80. The highest BCUT2D eigenvalue weighted by atomic mass is 35.5. The molecular formula is C13H14ClNO2. The number of aromatic amines is 1. The van der Waals surface area contributed by atoms with Crippen LogP contribution in [0.25, 0.3) is 10.9 Å². The zero-order valence-corrected chi connectivity index (χ0v) is 10.5. The van der Waals surface area contributed by atoms with Gasteiger partial charge in [-0.2, -0.15) is 0 Å². The molecule has 0 aliphatic carbocycles. The molecule has 1 unspecified atom stereocenters. The number of hydrogen-bond donors (Lipinski definition) is 1. The van der Waals surface area contributed by atoms with E-state index in [0.717, 1.165) is 10.9 Å². The number of carbonyl (C=O) groups excluding carboxylic acids is 1. The molecule has 0 spiro atoms. The van der Waals surface area contributed by atoms with E-state index in [2.05, 4.69) is 4.98 Å². The van der Waals surface area contributed by atoms with Gasteiger partial charge in [-0.1, -0.05) is 6.07 Å². The molecule has 0 aliphatic rings. The number of alkyl halides is 1. The van der Waals surface area contributed by atoms with Crippen molar-refractivity contribution in [3.8, 4) is 5.75 Å². The van der Waals surface area contributed by atoms with Gasteiger partial charge >= 0.3 is 0 Å². The summed E-state index contributed by atoms with van der Waals surface area (Å²) in [6, 6.07) is 5.66. The molecule has 1 N–H and O–H groups in total. The van der Waals surface area contributed by atoms with Crippen LogP contribution < -0.4 is 4.74 Å². The third-order valence-corrected chi connectivity index (χ3v) is 2.79. The van der Waals surface area contributed by atoms with E-state index in [9.17, 15) is 4.79 Å². The molecule has 1 heterocycles. The second-order valence-electron chi connectivity index (χ2n) is 3.79. The van der Waals surface area contributed by atoms with Crippen molar-refractivity contribution in [2.24, 2.45) is 0 Å². The van der Waals surface area contributed by atoms with Gasteiger partial charge < -0.3 is 9.72 Å². The number of aromatic nitrogens is 1. The van der Waals surface area contributed by atoms with Gasteiger partial charge in [0.15, 0.2) is 5.78 Å². The summed E-state index contributed by atoms with van der Waals surface area (Å²) in [4.78, 5) is 15.0. The van der Waals surface area contributed by atoms with Crippen LogP contribution in [-0.2, 0) is 0 Å². The molecule has 17 heavy (non-hydrogen) atoms. The van der Waals surface area contributed by atoms with Crippen LogP contribution in [0.4, 0.5) is 0 Å². The summed E-state index contributed by atoms with van der Waals surface area (Å²) in [6.07, 6.45) is 1.69. The number of benzene rings is 1. The van der Waals surface area contributed by atoms with Crippen LogP contribution in [0.1, 0.15) is 24.2 Å². The standard InChI is InChI=1S/C13H14ClNO2/c1-3-17-11-6-4-5-10-12(11)9(7-15-10)13(16)8(2)14/h4-8,15H,3H2,1-2H3. The zero-order valence-electron chi connectivity index (χ0n) is 9.79. The maximum absolute atomic E-state index is 12.0. The number of carbonyl (C=O) groups is 1. The van der Waals surface area contributed by atoms with Gasteiger partial charge in [0.25, 0.3) is 0 Å². The van der Waals surface area contributed by atoms with Gasteiger partial charge in [0.05, 0.1) is 17.4 Å². The van der Waals surface area contributed by atoms with Gasteiger partial charge in [-0.3, -0.25) is 4.79 Å². The Bertz CT molecular complexity index is 545. The van der Waals surface area contributed by atoms with Crippen molar-refractivity contribution < 1.29 is 9.53 Å². The minimum Gasteiger partial charge on any atom is -0.493 e. The Morgan fingerprint density at radius 1 is 1.53 bits per heavy atom. The minimum atomic E-state index is -0.538. The van der Waals surface area contributed by atoms with Crippen molar-refractivity contribution in [1.29, 1.82) is 0 Å². The van der Waals surface area contributed by atoms with Crippen molar-refractivity contribution >= 4 is 28.3 Å². The number of halogens is 1. The average Bonchev–Trinajstić information content (AvgIpc) is 2.73. The molecule has 0 fully saturated rings. The summed E-state index contributed by atoms with van der Waals surface area (Å²) >= 11 is 5.85. The highest BCUT2D eigenvalue weighted by molar-refractivity contribution is 6.35. The van der Waals surface area contributed by atoms with Crippen molar-refractivity contribution in [1.82, 2.24) is 4.98 Å². The number of ketones is 1. The summed E-state index contributed by atoms with van der Waals surface area (Å²) in [7, 11) is 0. The summed E-state index contributed by atoms with van der Waals surface area (Å²) in [5.41, 5.74) is 1.48. The Balaban J connectivity index is 2.61. The minimum absolute atomic E-state index is 0.0925. The summed E-state index contributed by atoms with van der Waals surface area (Å²) < 4.78 is 5.53. The molecule has 90 valence electrons. The molecule has 0 saturated heterocycles. The lowest BCUT2D eigenvalue weighted by molar-refractivity contribution is 0.0993. The zero-order chi connectivity index (χ0) is 12.4. The van der Waals surface area contributed by atoms with E-state index in [1.807, 2.05) is 25.1 Å². The van der Waals surface area contributed by atoms with E-state index in [1.54, 1.807) is 13.1 Å². The van der Waals surface area contributed by atoms with Crippen LogP contribution >= 0.6 is 11.6 Å². The molecule has 0 bridgehead atoms. The molecule has 0 aliphatic heterocycles. The van der Waals surface area contributed by atoms with Gasteiger partial charge in [0.1, 0.15) is 5.75 Å². The molecule has 0 saturated carbocycles. The monoisotopic (exact) mass is 251 g/mol. The second-order valence-corrected chi connectivity index (χ2v) is 4.45. The first-order valence-electron chi connectivity index (χ1n) is 5.56. The van der Waals surface area contributed by atoms with Crippen LogP contribution in [0.5, 0.6) is 5.75 Å². The smallest absolute Gasteiger partial charge is 0.182 e. The Morgan fingerprint density at radius 2 is 2.29 bits per heavy atom. The Hall–Kier alpha value is -1.48. The number of hydrogen-bond acceptors (Lipinski definition) is 2. The highest BCUT2D eigenvalue weighted by Crippen LogP contribution is 2.30. The average molecular weight is 252 g/mol. The molecule has 0 amide bonds. The van der Waals surface area contributed by atoms with Crippen molar-refractivity contribution in [2.75, 3.05) is 6.61 Å². The number of H-pyrrole nitrogens is 1. The van der Waals surface area contributed by atoms with Crippen LogP contribution in [0.2, 0.25) is 0 Å². The predicted molar refractivity (Wildman–Crippen MR) is 69.1 cm³/mol. The summed E-state index contributed by atoms with van der Waals surface area (Å²) in [6.45, 7) is 4.15. The third kappa shape index (κ3) is 2.15. The SMILES string of the molecule is CCOc1cccc2[nH]cc(C(=O)C(C)Cl)c12. The van der Waals surface area contributed by atoms with Crippen LogP contribution in [0.3, 0.4) is 0 Å². The van der Waals surface area contributed by atoms with E-state index in [-0.39, 0.29) is 5.78 Å². The quantitative estimate of drug-likeness (QED) is 0.669. The lowest BCUT2D eigenvalue weighted by Crippen LogP contribution is -2.10. The first-order valence-corrected chi connectivity index (χ1v) is 6.00. The van der Waals surface area contributed by atoms with E-state index < -0.39 is 5.38 Å². The molecule has 2 aromatic rings. The van der Waals surface area contributed by atoms with Gasteiger partial charge in [-0.05, 0) is 26.0 Å². The summed E-state index contributed by atoms with van der Waals surface area (Å²) in [5, 5.41) is 0.274. The topological polar surface area (TPSA) is 42.1 Å². The molecule has 2 rings (SSSR count). The first kappa shape index (κ1) is 12.0. The van der Waals surface area contributed by atoms with E-state index >= 15 is 0 Å². The van der Waals surface area contributed by atoms with Gasteiger partial charge in [0, 0.05) is 17.3 Å². The third-order valence-electron chi connectivity index (χ3n) is 2.59. The summed E-state index contributed by atoms with van der Waals surface area (Å²) in [5.74, 6) is 0.622. The fourth-order valence-corrected chi connectivity index (χ4v) is 1.95.